The monoisotopic (exact) mass is 468 g/mol. The summed E-state index contributed by atoms with van der Waals surface area (Å²) in [4.78, 5) is 33.7. The minimum absolute atomic E-state index is 0.0159. The fourth-order valence-electron chi connectivity index (χ4n) is 2.68. The fourth-order valence-corrected chi connectivity index (χ4v) is 4.92. The van der Waals surface area contributed by atoms with Crippen molar-refractivity contribution in [1.29, 1.82) is 0 Å². The van der Waals surface area contributed by atoms with Crippen LogP contribution in [0.2, 0.25) is 0 Å². The highest BCUT2D eigenvalue weighted by Gasteiger charge is 2.20. The predicted octanol–water partition coefficient (Wildman–Crippen LogP) is 4.20. The Morgan fingerprint density at radius 3 is 2.29 bits per heavy atom. The van der Waals surface area contributed by atoms with Crippen LogP contribution in [0.1, 0.15) is 47.7 Å². The highest BCUT2D eigenvalue weighted by molar-refractivity contribution is 8.76. The van der Waals surface area contributed by atoms with E-state index in [1.165, 1.54) is 7.11 Å². The molecule has 0 saturated heterocycles. The van der Waals surface area contributed by atoms with Crippen LogP contribution < -0.4 is 10.6 Å². The molecule has 10 heteroatoms. The highest BCUT2D eigenvalue weighted by Crippen LogP contribution is 2.37. The van der Waals surface area contributed by atoms with Gasteiger partial charge in [-0.25, -0.2) is 4.79 Å². The van der Waals surface area contributed by atoms with Crippen LogP contribution in [0.4, 0.5) is 11.4 Å². The molecule has 2 rings (SSSR count). The first kappa shape index (κ1) is 26.7. The van der Waals surface area contributed by atoms with Crippen LogP contribution in [0.3, 0.4) is 0 Å². The molecule has 2 N–H and O–H groups in total. The van der Waals surface area contributed by atoms with Crippen LogP contribution in [0, 0.1) is 0 Å². The first-order valence-electron chi connectivity index (χ1n) is 9.62. The Morgan fingerprint density at radius 1 is 1.16 bits per heavy atom. The number of aldehydes is 1. The molecule has 0 aromatic carbocycles. The minimum Gasteiger partial charge on any atom is -0.464 e. The van der Waals surface area contributed by atoms with Crippen LogP contribution >= 0.6 is 21.6 Å². The van der Waals surface area contributed by atoms with E-state index in [0.29, 0.717) is 23.5 Å². The number of carbonyl (C=O) groups excluding carboxylic acids is 3. The number of amides is 1. The number of aryl methyl sites for hydroxylation is 2. The maximum absolute atomic E-state index is 11.8. The summed E-state index contributed by atoms with van der Waals surface area (Å²) in [5.74, 6) is -0.336. The normalized spacial score (nSPS) is 10.7. The maximum atomic E-state index is 11.8. The lowest BCUT2D eigenvalue weighted by atomic mass is 10.1. The van der Waals surface area contributed by atoms with Gasteiger partial charge < -0.3 is 24.5 Å². The third kappa shape index (κ3) is 8.74. The Bertz CT molecular complexity index is 890. The highest BCUT2D eigenvalue weighted by atomic mass is 33.1. The maximum Gasteiger partial charge on any atom is 0.354 e. The number of rotatable bonds is 9. The molecule has 172 valence electrons. The zero-order chi connectivity index (χ0) is 23.6. The molecule has 0 bridgehead atoms. The summed E-state index contributed by atoms with van der Waals surface area (Å²) in [7, 11) is 10.2. The largest absolute Gasteiger partial charge is 0.464 e. The molecule has 31 heavy (non-hydrogen) atoms. The lowest BCUT2D eigenvalue weighted by molar-refractivity contribution is -0.116. The Balaban J connectivity index is 0.000000343. The van der Waals surface area contributed by atoms with Crippen molar-refractivity contribution in [3.63, 3.8) is 0 Å². The molecule has 0 radical (unpaired) electrons. The van der Waals surface area contributed by atoms with Gasteiger partial charge in [0.2, 0.25) is 5.91 Å². The molecular formula is C21H32N4O4S2. The lowest BCUT2D eigenvalue weighted by Crippen LogP contribution is -2.19. The van der Waals surface area contributed by atoms with Crippen molar-refractivity contribution in [2.75, 3.05) is 31.0 Å². The topological polar surface area (TPSA) is 94.4 Å². The van der Waals surface area contributed by atoms with Crippen LogP contribution in [-0.4, -0.2) is 52.5 Å². The Hall–Kier alpha value is -2.33. The van der Waals surface area contributed by atoms with E-state index >= 15 is 0 Å². The number of methoxy groups -OCH3 is 1. The van der Waals surface area contributed by atoms with Gasteiger partial charge in [0.05, 0.1) is 24.2 Å². The molecule has 0 aliphatic heterocycles. The molecule has 2 heterocycles. The van der Waals surface area contributed by atoms with E-state index in [4.69, 9.17) is 0 Å². The molecule has 0 aliphatic rings. The summed E-state index contributed by atoms with van der Waals surface area (Å²) in [6, 6.07) is 3.42. The van der Waals surface area contributed by atoms with Crippen LogP contribution in [0.15, 0.2) is 24.5 Å². The van der Waals surface area contributed by atoms with Crippen molar-refractivity contribution in [3.05, 3.63) is 35.9 Å². The van der Waals surface area contributed by atoms with Gasteiger partial charge in [-0.3, -0.25) is 9.59 Å². The summed E-state index contributed by atoms with van der Waals surface area (Å²) in [6.07, 6.45) is 7.67. The molecule has 2 aromatic rings. The molecule has 0 saturated carbocycles. The van der Waals surface area contributed by atoms with Crippen molar-refractivity contribution < 1.29 is 19.1 Å². The van der Waals surface area contributed by atoms with Crippen molar-refractivity contribution >= 4 is 51.1 Å². The van der Waals surface area contributed by atoms with Crippen molar-refractivity contribution in [2.45, 2.75) is 31.4 Å². The molecule has 0 aliphatic carbocycles. The quantitative estimate of drug-likeness (QED) is 0.324. The van der Waals surface area contributed by atoms with Gasteiger partial charge in [0.15, 0.2) is 6.29 Å². The molecule has 0 atom stereocenters. The third-order valence-electron chi connectivity index (χ3n) is 4.40. The molecule has 0 fully saturated rings. The van der Waals surface area contributed by atoms with Crippen LogP contribution in [-0.2, 0) is 23.6 Å². The fraction of sp³-hybridized carbons (Fsp3) is 0.476. The minimum atomic E-state index is -0.320. The summed E-state index contributed by atoms with van der Waals surface area (Å²) in [5.41, 5.74) is 2.67. The number of nitrogens with one attached hydrogen (secondary N) is 2. The number of aromatic nitrogens is 2. The summed E-state index contributed by atoms with van der Waals surface area (Å²) in [5, 5.41) is 5.76. The van der Waals surface area contributed by atoms with E-state index < -0.39 is 0 Å². The molecular weight excluding hydrogens is 436 g/mol. The number of hydrogen-bond acceptors (Lipinski definition) is 7. The van der Waals surface area contributed by atoms with E-state index in [-0.39, 0.29) is 16.6 Å². The molecule has 8 nitrogen and oxygen atoms in total. The number of esters is 1. The second-order valence-corrected chi connectivity index (χ2v) is 10.5. The summed E-state index contributed by atoms with van der Waals surface area (Å²) in [6.45, 7) is 4.27. The first-order chi connectivity index (χ1) is 14.6. The summed E-state index contributed by atoms with van der Waals surface area (Å²) < 4.78 is 8.08. The van der Waals surface area contributed by atoms with Gasteiger partial charge in [-0.1, -0.05) is 21.6 Å². The lowest BCUT2D eigenvalue weighted by Gasteiger charge is -2.21. The standard InChI is InChI=1S/C13H20N2O2S2.C8H12N2O2/c1-13(2,19-18-4)6-5-12(17)14-10-7-11(9-16)15(3)8-10;1-9-6-4-7(8(11)12-3)10(2)5-6/h7-9H,5-6H2,1-4H3,(H,14,17);4-5,9H,1-3H3. The van der Waals surface area contributed by atoms with Crippen molar-refractivity contribution in [3.8, 4) is 0 Å². The Morgan fingerprint density at radius 2 is 1.81 bits per heavy atom. The Labute approximate surface area is 191 Å². The van der Waals surface area contributed by atoms with Crippen molar-refractivity contribution in [1.82, 2.24) is 9.13 Å². The van der Waals surface area contributed by atoms with E-state index in [9.17, 15) is 14.4 Å². The van der Waals surface area contributed by atoms with E-state index in [1.54, 1.807) is 70.2 Å². The first-order valence-corrected chi connectivity index (χ1v) is 12.2. The van der Waals surface area contributed by atoms with E-state index in [1.807, 2.05) is 12.5 Å². The molecule has 2 aromatic heterocycles. The average molecular weight is 469 g/mol. The third-order valence-corrected chi connectivity index (χ3v) is 7.07. The molecule has 1 amide bonds. The van der Waals surface area contributed by atoms with E-state index in [0.717, 1.165) is 18.4 Å². The zero-order valence-electron chi connectivity index (χ0n) is 19.1. The summed E-state index contributed by atoms with van der Waals surface area (Å²) >= 11 is 0. The second kappa shape index (κ2) is 12.5. The van der Waals surface area contributed by atoms with E-state index in [2.05, 4.69) is 29.2 Å². The van der Waals surface area contributed by atoms with Crippen LogP contribution in [0.25, 0.3) is 0 Å². The number of hydrogen-bond donors (Lipinski definition) is 2. The Kier molecular flexibility index (Phi) is 10.8. The second-order valence-electron chi connectivity index (χ2n) is 7.41. The van der Waals surface area contributed by atoms with Crippen LogP contribution in [0.5, 0.6) is 0 Å². The molecule has 0 unspecified atom stereocenters. The number of ether oxygens (including phenoxy) is 1. The SMILES string of the molecule is CNc1cc(C(=O)OC)n(C)c1.CSSC(C)(C)CCC(=O)Nc1cc(C=O)n(C)c1. The zero-order valence-corrected chi connectivity index (χ0v) is 20.8. The predicted molar refractivity (Wildman–Crippen MR) is 130 cm³/mol. The van der Waals surface area contributed by atoms with Gasteiger partial charge in [-0.15, -0.1) is 0 Å². The van der Waals surface area contributed by atoms with Gasteiger partial charge in [0.25, 0.3) is 0 Å². The molecule has 0 spiro atoms. The van der Waals surface area contributed by atoms with Crippen molar-refractivity contribution in [2.24, 2.45) is 14.1 Å². The van der Waals surface area contributed by atoms with Gasteiger partial charge in [-0.2, -0.15) is 0 Å². The number of carbonyl (C=O) groups is 3. The van der Waals surface area contributed by atoms with Gasteiger partial charge >= 0.3 is 5.97 Å². The van der Waals surface area contributed by atoms with Gasteiger partial charge in [0, 0.05) is 44.7 Å². The van der Waals surface area contributed by atoms with Gasteiger partial charge in [-0.05, 0) is 38.7 Å². The smallest absolute Gasteiger partial charge is 0.354 e. The number of anilines is 2. The van der Waals surface area contributed by atoms with Gasteiger partial charge in [0.1, 0.15) is 5.69 Å². The average Bonchev–Trinajstić information content (AvgIpc) is 3.27. The number of nitrogens with zero attached hydrogens (tertiary/aromatic N) is 2.